The molecule has 0 spiro atoms. The minimum Gasteiger partial charge on any atom is -0.486 e. The van der Waals surface area contributed by atoms with E-state index in [1.165, 1.54) is 17.7 Å². The first kappa shape index (κ1) is 21.3. The van der Waals surface area contributed by atoms with Gasteiger partial charge in [-0.1, -0.05) is 0 Å². The second-order valence-electron chi connectivity index (χ2n) is 6.57. The molecule has 2 aromatic carbocycles. The third-order valence-corrected chi connectivity index (χ3v) is 6.07. The Morgan fingerprint density at radius 3 is 2.87 bits per heavy atom. The summed E-state index contributed by atoms with van der Waals surface area (Å²) in [6, 6.07) is 11.2. The van der Waals surface area contributed by atoms with Gasteiger partial charge in [-0.15, -0.1) is 11.3 Å². The van der Waals surface area contributed by atoms with Gasteiger partial charge in [-0.2, -0.15) is 0 Å². The molecular weight excluding hydrogens is 484 g/mol. The Morgan fingerprint density at radius 2 is 2.06 bits per heavy atom. The van der Waals surface area contributed by atoms with Gasteiger partial charge < -0.3 is 18.6 Å². The van der Waals surface area contributed by atoms with Crippen molar-refractivity contribution in [2.45, 2.75) is 20.5 Å². The fraction of sp³-hybridized carbons (Fsp3) is 0.227. The minimum atomic E-state index is -0.393. The molecule has 160 valence electrons. The molecule has 2 aromatic heterocycles. The molecule has 9 heteroatoms. The van der Waals surface area contributed by atoms with E-state index in [1.54, 1.807) is 19.1 Å². The fourth-order valence-electron chi connectivity index (χ4n) is 2.95. The number of halogens is 1. The summed E-state index contributed by atoms with van der Waals surface area (Å²) in [6.07, 6.45) is 1.43. The van der Waals surface area contributed by atoms with Crippen LogP contribution in [0.3, 0.4) is 0 Å². The van der Waals surface area contributed by atoms with Gasteiger partial charge in [0.05, 0.1) is 16.1 Å². The number of aromatic nitrogens is 2. The molecule has 0 aliphatic heterocycles. The van der Waals surface area contributed by atoms with Crippen molar-refractivity contribution in [3.63, 3.8) is 0 Å². The highest BCUT2D eigenvalue weighted by molar-refractivity contribution is 9.11. The number of aryl methyl sites for hydroxylation is 1. The molecule has 4 aromatic rings. The number of rotatable bonds is 8. The number of oxazole rings is 1. The molecule has 0 amide bonds. The smallest absolute Gasteiger partial charge is 0.344 e. The number of thiazole rings is 1. The number of carbonyl (C=O) groups excluding carboxylic acids is 1. The van der Waals surface area contributed by atoms with E-state index in [9.17, 15) is 4.79 Å². The molecule has 0 saturated carbocycles. The molecule has 0 fully saturated rings. The predicted molar refractivity (Wildman–Crippen MR) is 120 cm³/mol. The van der Waals surface area contributed by atoms with E-state index in [-0.39, 0.29) is 6.61 Å². The molecule has 0 atom stereocenters. The van der Waals surface area contributed by atoms with Gasteiger partial charge >= 0.3 is 5.97 Å². The molecule has 31 heavy (non-hydrogen) atoms. The normalized spacial score (nSPS) is 10.9. The van der Waals surface area contributed by atoms with Crippen LogP contribution in [0.5, 0.6) is 11.5 Å². The molecule has 0 aliphatic carbocycles. The summed E-state index contributed by atoms with van der Waals surface area (Å²) < 4.78 is 22.5. The van der Waals surface area contributed by atoms with Gasteiger partial charge in [-0.25, -0.2) is 14.8 Å². The van der Waals surface area contributed by atoms with Gasteiger partial charge in [0.1, 0.15) is 28.6 Å². The third kappa shape index (κ3) is 5.05. The van der Waals surface area contributed by atoms with Crippen LogP contribution in [0, 0.1) is 6.92 Å². The standard InChI is InChI=1S/C22H19BrN2O5S/c1-3-27-20(26)11-29-17-7-5-15(8-13(17)2)28-10-19-25-21(22(23)31-19)14-4-6-18-16(9-14)24-12-30-18/h4-9,12H,3,10-11H2,1-2H3. The van der Waals surface area contributed by atoms with Gasteiger partial charge in [-0.05, 0) is 71.7 Å². The molecule has 0 saturated heterocycles. The first-order valence-electron chi connectivity index (χ1n) is 9.54. The number of carbonyl (C=O) groups is 1. The summed E-state index contributed by atoms with van der Waals surface area (Å²) in [5.41, 5.74) is 4.19. The van der Waals surface area contributed by atoms with E-state index in [1.807, 2.05) is 31.2 Å². The van der Waals surface area contributed by atoms with Crippen molar-refractivity contribution in [1.29, 1.82) is 0 Å². The van der Waals surface area contributed by atoms with Crippen LogP contribution in [0.4, 0.5) is 0 Å². The monoisotopic (exact) mass is 502 g/mol. The van der Waals surface area contributed by atoms with Crippen molar-refractivity contribution in [3.8, 4) is 22.8 Å². The fourth-order valence-corrected chi connectivity index (χ4v) is 4.55. The first-order chi connectivity index (χ1) is 15.0. The average molecular weight is 503 g/mol. The van der Waals surface area contributed by atoms with Crippen molar-refractivity contribution in [3.05, 3.63) is 57.1 Å². The lowest BCUT2D eigenvalue weighted by Gasteiger charge is -2.10. The summed E-state index contributed by atoms with van der Waals surface area (Å²) in [7, 11) is 0. The van der Waals surface area contributed by atoms with Crippen LogP contribution in [-0.2, 0) is 16.1 Å². The largest absolute Gasteiger partial charge is 0.486 e. The number of esters is 1. The Kier molecular flexibility index (Phi) is 6.53. The Bertz CT molecular complexity index is 1220. The Hall–Kier alpha value is -2.91. The lowest BCUT2D eigenvalue weighted by molar-refractivity contribution is -0.145. The second-order valence-corrected chi connectivity index (χ2v) is 8.98. The zero-order valence-electron chi connectivity index (χ0n) is 16.9. The number of hydrogen-bond acceptors (Lipinski definition) is 8. The van der Waals surface area contributed by atoms with Crippen LogP contribution >= 0.6 is 27.3 Å². The Labute approximate surface area is 191 Å². The van der Waals surface area contributed by atoms with Crippen LogP contribution in [-0.4, -0.2) is 29.2 Å². The maximum absolute atomic E-state index is 11.4. The van der Waals surface area contributed by atoms with E-state index in [4.69, 9.17) is 23.6 Å². The molecule has 0 aliphatic rings. The SMILES string of the molecule is CCOC(=O)COc1ccc(OCc2nc(-c3ccc4ocnc4c3)c(Br)s2)cc1C. The zero-order chi connectivity index (χ0) is 21.8. The molecule has 4 rings (SSSR count). The first-order valence-corrected chi connectivity index (χ1v) is 11.1. The van der Waals surface area contributed by atoms with Gasteiger partial charge in [0.25, 0.3) is 0 Å². The maximum atomic E-state index is 11.4. The highest BCUT2D eigenvalue weighted by Gasteiger charge is 2.14. The third-order valence-electron chi connectivity index (χ3n) is 4.39. The van der Waals surface area contributed by atoms with Crippen molar-refractivity contribution < 1.29 is 23.4 Å². The molecule has 2 heterocycles. The lowest BCUT2D eigenvalue weighted by Crippen LogP contribution is -2.14. The predicted octanol–water partition coefficient (Wildman–Crippen LogP) is 5.54. The molecule has 0 N–H and O–H groups in total. The average Bonchev–Trinajstić information content (AvgIpc) is 3.37. The van der Waals surface area contributed by atoms with Crippen molar-refractivity contribution >= 4 is 44.3 Å². The molecule has 7 nitrogen and oxygen atoms in total. The number of ether oxygens (including phenoxy) is 3. The maximum Gasteiger partial charge on any atom is 0.344 e. The summed E-state index contributed by atoms with van der Waals surface area (Å²) in [5.74, 6) is 0.913. The summed E-state index contributed by atoms with van der Waals surface area (Å²) in [5, 5.41) is 0.836. The minimum absolute atomic E-state index is 0.120. The number of hydrogen-bond donors (Lipinski definition) is 0. The number of benzene rings is 2. The van der Waals surface area contributed by atoms with E-state index in [2.05, 4.69) is 20.9 Å². The van der Waals surface area contributed by atoms with Gasteiger partial charge in [0, 0.05) is 5.56 Å². The van der Waals surface area contributed by atoms with E-state index < -0.39 is 5.97 Å². The topological polar surface area (TPSA) is 83.7 Å². The molecule has 0 bridgehead atoms. The van der Waals surface area contributed by atoms with E-state index >= 15 is 0 Å². The van der Waals surface area contributed by atoms with Gasteiger partial charge in [0.2, 0.25) is 0 Å². The number of fused-ring (bicyclic) bond motifs is 1. The summed E-state index contributed by atoms with van der Waals surface area (Å²) >= 11 is 5.12. The zero-order valence-corrected chi connectivity index (χ0v) is 19.3. The van der Waals surface area contributed by atoms with Crippen molar-refractivity contribution in [1.82, 2.24) is 9.97 Å². The highest BCUT2D eigenvalue weighted by Crippen LogP contribution is 2.35. The molecule has 0 unspecified atom stereocenters. The van der Waals surface area contributed by atoms with Crippen molar-refractivity contribution in [2.24, 2.45) is 0 Å². The quantitative estimate of drug-likeness (QED) is 0.292. The van der Waals surface area contributed by atoms with E-state index in [0.29, 0.717) is 24.7 Å². The van der Waals surface area contributed by atoms with Crippen LogP contribution < -0.4 is 9.47 Å². The van der Waals surface area contributed by atoms with Gasteiger partial charge in [-0.3, -0.25) is 0 Å². The molecule has 0 radical (unpaired) electrons. The lowest BCUT2D eigenvalue weighted by atomic mass is 10.1. The molecular formula is C22H19BrN2O5S. The Balaban J connectivity index is 1.41. The van der Waals surface area contributed by atoms with Crippen molar-refractivity contribution in [2.75, 3.05) is 13.2 Å². The Morgan fingerprint density at radius 1 is 1.19 bits per heavy atom. The summed E-state index contributed by atoms with van der Waals surface area (Å²) in [4.78, 5) is 20.3. The van der Waals surface area contributed by atoms with E-state index in [0.717, 1.165) is 36.7 Å². The highest BCUT2D eigenvalue weighted by atomic mass is 79.9. The van der Waals surface area contributed by atoms with Crippen LogP contribution in [0.2, 0.25) is 0 Å². The number of nitrogens with zero attached hydrogens (tertiary/aromatic N) is 2. The van der Waals surface area contributed by atoms with Crippen LogP contribution in [0.15, 0.2) is 51.0 Å². The van der Waals surface area contributed by atoms with Crippen LogP contribution in [0.25, 0.3) is 22.4 Å². The summed E-state index contributed by atoms with van der Waals surface area (Å²) in [6.45, 7) is 4.19. The van der Waals surface area contributed by atoms with Gasteiger partial charge in [0.15, 0.2) is 18.6 Å². The van der Waals surface area contributed by atoms with Crippen LogP contribution in [0.1, 0.15) is 17.5 Å². The second kappa shape index (κ2) is 9.49.